The van der Waals surface area contributed by atoms with Crippen molar-refractivity contribution in [1.82, 2.24) is 14.5 Å². The summed E-state index contributed by atoms with van der Waals surface area (Å²) >= 11 is 0. The average Bonchev–Trinajstić information content (AvgIpc) is 3.40. The van der Waals surface area contributed by atoms with Crippen LogP contribution in [0.3, 0.4) is 0 Å². The number of nitrogens with one attached hydrogen (secondary N) is 1. The molecule has 0 aliphatic carbocycles. The number of aromatic nitrogens is 2. The summed E-state index contributed by atoms with van der Waals surface area (Å²) in [6.45, 7) is -0.326. The van der Waals surface area contributed by atoms with Crippen LogP contribution in [0.4, 0.5) is 0 Å². The number of H-pyrrole nitrogens is 1. The van der Waals surface area contributed by atoms with Crippen LogP contribution in [0.1, 0.15) is 34.9 Å². The normalized spacial score (nSPS) is 20.4. The van der Waals surface area contributed by atoms with Gasteiger partial charge in [-0.15, -0.1) is 0 Å². The lowest BCUT2D eigenvalue weighted by Gasteiger charge is -2.37. The molecule has 12 heteroatoms. The maximum absolute atomic E-state index is 12.8. The lowest BCUT2D eigenvalue weighted by molar-refractivity contribution is -0.132. The van der Waals surface area contributed by atoms with Crippen LogP contribution in [0, 0.1) is 0 Å². The Bertz CT molecular complexity index is 1690. The zero-order chi connectivity index (χ0) is 33.6. The van der Waals surface area contributed by atoms with E-state index >= 15 is 0 Å². The third kappa shape index (κ3) is 7.22. The second-order valence-electron chi connectivity index (χ2n) is 11.4. The molecule has 248 valence electrons. The van der Waals surface area contributed by atoms with E-state index in [1.807, 2.05) is 78.9 Å². The largest absolute Gasteiger partial charge is 0.497 e. The number of nitrogens with zero attached hydrogens (tertiary/aromatic N) is 2. The number of carbonyl (C=O) groups is 1. The van der Waals surface area contributed by atoms with E-state index in [0.29, 0.717) is 5.75 Å². The molecule has 1 aromatic heterocycles. The number of carbonyl (C=O) groups excluding carboxylic acids is 1. The number of aromatic amines is 1. The fourth-order valence-corrected chi connectivity index (χ4v) is 5.69. The molecule has 3 N–H and O–H groups in total. The van der Waals surface area contributed by atoms with Gasteiger partial charge in [0.2, 0.25) is 5.91 Å². The van der Waals surface area contributed by atoms with E-state index in [2.05, 4.69) is 4.98 Å². The summed E-state index contributed by atoms with van der Waals surface area (Å²) in [6, 6.07) is 25.6. The first-order valence-electron chi connectivity index (χ1n) is 15.2. The van der Waals surface area contributed by atoms with Gasteiger partial charge in [0.25, 0.3) is 5.56 Å². The fraction of sp³-hybridized carbons (Fsp3) is 0.343. The van der Waals surface area contributed by atoms with Crippen molar-refractivity contribution < 1.29 is 34.0 Å². The van der Waals surface area contributed by atoms with E-state index in [0.717, 1.165) is 26.8 Å². The minimum absolute atomic E-state index is 0.0404. The minimum Gasteiger partial charge on any atom is -0.497 e. The predicted octanol–water partition coefficient (Wildman–Crippen LogP) is 2.17. The molecule has 0 bridgehead atoms. The Hall–Kier alpha value is -4.59. The van der Waals surface area contributed by atoms with Gasteiger partial charge in [-0.3, -0.25) is 19.1 Å². The summed E-state index contributed by atoms with van der Waals surface area (Å²) in [5.41, 5.74) is 0.485. The van der Waals surface area contributed by atoms with Gasteiger partial charge < -0.3 is 34.1 Å². The first kappa shape index (κ1) is 33.8. The van der Waals surface area contributed by atoms with Crippen LogP contribution in [-0.4, -0.2) is 83.3 Å². The van der Waals surface area contributed by atoms with E-state index in [9.17, 15) is 24.6 Å². The van der Waals surface area contributed by atoms with Gasteiger partial charge in [0.05, 0.1) is 33.4 Å². The number of aliphatic hydroxyl groups excluding tert-OH is 2. The van der Waals surface area contributed by atoms with Crippen molar-refractivity contribution in [3.63, 3.8) is 0 Å². The molecule has 3 aromatic carbocycles. The number of ether oxygens (including phenoxy) is 4. The summed E-state index contributed by atoms with van der Waals surface area (Å²) in [5.74, 6) is 0.484. The van der Waals surface area contributed by atoms with Crippen LogP contribution < -0.4 is 16.0 Å². The summed E-state index contributed by atoms with van der Waals surface area (Å²) < 4.78 is 25.7. The third-order valence-corrected chi connectivity index (χ3v) is 8.25. The zero-order valence-electron chi connectivity index (χ0n) is 26.4. The molecule has 1 aliphatic heterocycles. The van der Waals surface area contributed by atoms with Gasteiger partial charge >= 0.3 is 5.69 Å². The van der Waals surface area contributed by atoms with Crippen molar-refractivity contribution in [3.05, 3.63) is 134 Å². The van der Waals surface area contributed by atoms with E-state index in [-0.39, 0.29) is 32.1 Å². The number of hydrogen-bond donors (Lipinski definition) is 3. The van der Waals surface area contributed by atoms with Crippen LogP contribution in [0.15, 0.2) is 101 Å². The highest BCUT2D eigenvalue weighted by molar-refractivity contribution is 5.75. The molecular weight excluding hydrogens is 606 g/mol. The Labute approximate surface area is 271 Å². The molecule has 1 fully saturated rings. The van der Waals surface area contributed by atoms with Gasteiger partial charge in [-0.1, -0.05) is 66.7 Å². The molecule has 5 rings (SSSR count). The number of amides is 1. The lowest BCUT2D eigenvalue weighted by Crippen LogP contribution is -2.41. The Morgan fingerprint density at radius 1 is 0.957 bits per heavy atom. The maximum atomic E-state index is 12.8. The lowest BCUT2D eigenvalue weighted by atomic mass is 9.79. The molecule has 2 heterocycles. The van der Waals surface area contributed by atoms with Crippen LogP contribution in [0.2, 0.25) is 0 Å². The molecule has 2 unspecified atom stereocenters. The van der Waals surface area contributed by atoms with E-state index in [1.54, 1.807) is 21.2 Å². The summed E-state index contributed by atoms with van der Waals surface area (Å²) in [4.78, 5) is 40.5. The van der Waals surface area contributed by atoms with Crippen molar-refractivity contribution in [1.29, 1.82) is 0 Å². The second kappa shape index (κ2) is 14.9. The summed E-state index contributed by atoms with van der Waals surface area (Å²) in [6.07, 6.45) is -3.16. The average molecular weight is 646 g/mol. The number of rotatable bonds is 13. The van der Waals surface area contributed by atoms with Gasteiger partial charge in [0.1, 0.15) is 29.7 Å². The van der Waals surface area contributed by atoms with Crippen molar-refractivity contribution in [2.75, 3.05) is 34.4 Å². The number of methoxy groups -OCH3 is 1. The molecule has 0 spiro atoms. The predicted molar refractivity (Wildman–Crippen MR) is 172 cm³/mol. The molecule has 0 saturated carbocycles. The highest BCUT2D eigenvalue weighted by Gasteiger charge is 2.48. The SMILES string of the molecule is COc1ccc(C(OC[C@H]2O[C@@H](n3ccc(=O)[nH]c3=O)C(OCCC(=O)N(C)C)[C@H]2O)(c2ccccc2)c2ccc(CO)cc2)cc1. The zero-order valence-corrected chi connectivity index (χ0v) is 26.4. The maximum Gasteiger partial charge on any atom is 0.330 e. The van der Waals surface area contributed by atoms with Crippen molar-refractivity contribution in [2.24, 2.45) is 0 Å². The van der Waals surface area contributed by atoms with E-state index in [1.165, 1.54) is 17.2 Å². The van der Waals surface area contributed by atoms with Crippen LogP contribution in [-0.2, 0) is 31.2 Å². The molecule has 1 aliphatic rings. The van der Waals surface area contributed by atoms with Crippen LogP contribution in [0.25, 0.3) is 0 Å². The second-order valence-corrected chi connectivity index (χ2v) is 11.4. The first-order chi connectivity index (χ1) is 22.7. The molecule has 0 radical (unpaired) electrons. The van der Waals surface area contributed by atoms with Gasteiger partial charge in [0.15, 0.2) is 6.23 Å². The molecule has 1 amide bonds. The van der Waals surface area contributed by atoms with Crippen molar-refractivity contribution in [2.45, 2.75) is 43.2 Å². The standard InChI is InChI=1S/C35H39N3O9/c1-37(2)30(41)18-20-45-32-31(42)28(47-33(32)38-19-17-29(40)36-34(38)43)22-46-35(24-7-5-4-6-8-24,25-11-9-23(21-39)10-12-25)26-13-15-27(44-3)16-14-26/h4-17,19,28,31-33,39,42H,18,20-22H2,1-3H3,(H,36,40,43)/t28-,31+,32?,33-,35?/m1/s1. The van der Waals surface area contributed by atoms with Gasteiger partial charge in [-0.25, -0.2) is 4.79 Å². The van der Waals surface area contributed by atoms with E-state index < -0.39 is 41.4 Å². The molecular formula is C35H39N3O9. The topological polar surface area (TPSA) is 153 Å². The Kier molecular flexibility index (Phi) is 10.7. The Morgan fingerprint density at radius 3 is 2.19 bits per heavy atom. The Balaban J connectivity index is 1.53. The van der Waals surface area contributed by atoms with Crippen molar-refractivity contribution >= 4 is 5.91 Å². The first-order valence-corrected chi connectivity index (χ1v) is 15.2. The highest BCUT2D eigenvalue weighted by atomic mass is 16.6. The summed E-state index contributed by atoms with van der Waals surface area (Å²) in [7, 11) is 4.84. The summed E-state index contributed by atoms with van der Waals surface area (Å²) in [5, 5.41) is 21.3. The Morgan fingerprint density at radius 2 is 1.60 bits per heavy atom. The minimum atomic E-state index is -1.28. The molecule has 12 nitrogen and oxygen atoms in total. The van der Waals surface area contributed by atoms with E-state index in [4.69, 9.17) is 18.9 Å². The smallest absolute Gasteiger partial charge is 0.330 e. The number of benzene rings is 3. The third-order valence-electron chi connectivity index (χ3n) is 8.25. The van der Waals surface area contributed by atoms with Gasteiger partial charge in [0, 0.05) is 26.4 Å². The van der Waals surface area contributed by atoms with Crippen LogP contribution in [0.5, 0.6) is 5.75 Å². The quantitative estimate of drug-likeness (QED) is 0.186. The van der Waals surface area contributed by atoms with Gasteiger partial charge in [-0.2, -0.15) is 0 Å². The van der Waals surface area contributed by atoms with Crippen molar-refractivity contribution in [3.8, 4) is 5.75 Å². The molecule has 1 saturated heterocycles. The van der Waals surface area contributed by atoms with Crippen LogP contribution >= 0.6 is 0 Å². The molecule has 4 aromatic rings. The van der Waals surface area contributed by atoms with Gasteiger partial charge in [-0.05, 0) is 34.4 Å². The number of hydrogen-bond acceptors (Lipinski definition) is 9. The highest BCUT2D eigenvalue weighted by Crippen LogP contribution is 2.42. The monoisotopic (exact) mass is 645 g/mol. The molecule has 47 heavy (non-hydrogen) atoms. The fourth-order valence-electron chi connectivity index (χ4n) is 5.69. The molecule has 5 atom stereocenters. The number of aliphatic hydroxyl groups is 2.